The number of para-hydroxylation sites is 2. The van der Waals surface area contributed by atoms with Crippen molar-refractivity contribution in [3.63, 3.8) is 0 Å². The SMILES string of the molecule is Nc1ccc2c(NCCCn3cnc4ccccc43)ncnc2n1. The van der Waals surface area contributed by atoms with Gasteiger partial charge in [-0.3, -0.25) is 0 Å². The van der Waals surface area contributed by atoms with E-state index in [0.29, 0.717) is 11.5 Å². The molecule has 0 saturated carbocycles. The van der Waals surface area contributed by atoms with E-state index in [1.54, 1.807) is 6.07 Å². The highest BCUT2D eigenvalue weighted by Gasteiger charge is 2.05. The first-order valence-electron chi connectivity index (χ1n) is 7.82. The number of benzene rings is 1. The zero-order valence-electron chi connectivity index (χ0n) is 13.1. The van der Waals surface area contributed by atoms with E-state index in [1.165, 1.54) is 6.33 Å². The Kier molecular flexibility index (Phi) is 3.66. The van der Waals surface area contributed by atoms with Crippen molar-refractivity contribution in [2.75, 3.05) is 17.6 Å². The summed E-state index contributed by atoms with van der Waals surface area (Å²) in [5.74, 6) is 1.24. The van der Waals surface area contributed by atoms with Crippen LogP contribution in [-0.2, 0) is 6.54 Å². The van der Waals surface area contributed by atoms with Gasteiger partial charge in [0.2, 0.25) is 0 Å². The second-order valence-corrected chi connectivity index (χ2v) is 5.54. The Morgan fingerprint density at radius 2 is 1.96 bits per heavy atom. The number of rotatable bonds is 5. The Hall–Kier alpha value is -3.22. The van der Waals surface area contributed by atoms with Crippen LogP contribution in [0.2, 0.25) is 0 Å². The first-order valence-corrected chi connectivity index (χ1v) is 7.82. The number of aromatic nitrogens is 5. The van der Waals surface area contributed by atoms with Crippen LogP contribution in [0.1, 0.15) is 6.42 Å². The minimum Gasteiger partial charge on any atom is -0.384 e. The fourth-order valence-electron chi connectivity index (χ4n) is 2.74. The molecular weight excluding hydrogens is 302 g/mol. The summed E-state index contributed by atoms with van der Waals surface area (Å²) in [6.45, 7) is 1.69. The summed E-state index contributed by atoms with van der Waals surface area (Å²) in [7, 11) is 0. The largest absolute Gasteiger partial charge is 0.384 e. The molecule has 0 unspecified atom stereocenters. The van der Waals surface area contributed by atoms with Crippen molar-refractivity contribution in [2.24, 2.45) is 0 Å². The van der Waals surface area contributed by atoms with Crippen LogP contribution >= 0.6 is 0 Å². The number of fused-ring (bicyclic) bond motifs is 2. The van der Waals surface area contributed by atoms with Crippen molar-refractivity contribution >= 4 is 33.7 Å². The lowest BCUT2D eigenvalue weighted by Gasteiger charge is -2.09. The fraction of sp³-hybridized carbons (Fsp3) is 0.176. The highest BCUT2D eigenvalue weighted by atomic mass is 15.1. The van der Waals surface area contributed by atoms with Crippen LogP contribution < -0.4 is 11.1 Å². The Balaban J connectivity index is 1.43. The second kappa shape index (κ2) is 6.11. The van der Waals surface area contributed by atoms with Crippen LogP contribution in [0.4, 0.5) is 11.6 Å². The molecule has 0 aliphatic carbocycles. The quantitative estimate of drug-likeness (QED) is 0.549. The molecule has 0 amide bonds. The smallest absolute Gasteiger partial charge is 0.166 e. The Morgan fingerprint density at radius 3 is 2.92 bits per heavy atom. The van der Waals surface area contributed by atoms with Crippen LogP contribution in [0.25, 0.3) is 22.1 Å². The lowest BCUT2D eigenvalue weighted by molar-refractivity contribution is 0.677. The average Bonchev–Trinajstić information content (AvgIpc) is 3.02. The summed E-state index contributed by atoms with van der Waals surface area (Å²) in [5, 5.41) is 4.23. The molecule has 0 saturated heterocycles. The van der Waals surface area contributed by atoms with Gasteiger partial charge in [0, 0.05) is 13.1 Å². The number of hydrogen-bond donors (Lipinski definition) is 2. The van der Waals surface area contributed by atoms with Crippen molar-refractivity contribution in [2.45, 2.75) is 13.0 Å². The number of aryl methyl sites for hydroxylation is 1. The molecule has 0 aliphatic rings. The van der Waals surface area contributed by atoms with E-state index in [4.69, 9.17) is 5.73 Å². The van der Waals surface area contributed by atoms with E-state index in [2.05, 4.69) is 35.9 Å². The monoisotopic (exact) mass is 319 g/mol. The number of anilines is 2. The van der Waals surface area contributed by atoms with Crippen LogP contribution in [0.15, 0.2) is 49.1 Å². The van der Waals surface area contributed by atoms with E-state index < -0.39 is 0 Å². The Labute approximate surface area is 138 Å². The Morgan fingerprint density at radius 1 is 1.04 bits per heavy atom. The van der Waals surface area contributed by atoms with Crippen LogP contribution in [0.5, 0.6) is 0 Å². The van der Waals surface area contributed by atoms with E-state index in [9.17, 15) is 0 Å². The zero-order chi connectivity index (χ0) is 16.4. The third kappa shape index (κ3) is 2.71. The topological polar surface area (TPSA) is 94.5 Å². The van der Waals surface area contributed by atoms with Gasteiger partial charge in [-0.2, -0.15) is 0 Å². The normalized spacial score (nSPS) is 11.2. The van der Waals surface area contributed by atoms with Gasteiger partial charge in [0.05, 0.1) is 22.7 Å². The van der Waals surface area contributed by atoms with Gasteiger partial charge in [-0.25, -0.2) is 19.9 Å². The second-order valence-electron chi connectivity index (χ2n) is 5.54. The number of hydrogen-bond acceptors (Lipinski definition) is 6. The van der Waals surface area contributed by atoms with Gasteiger partial charge in [-0.1, -0.05) is 12.1 Å². The maximum Gasteiger partial charge on any atom is 0.166 e. The maximum atomic E-state index is 5.69. The summed E-state index contributed by atoms with van der Waals surface area (Å²) in [5.41, 5.74) is 8.48. The molecule has 0 spiro atoms. The van der Waals surface area contributed by atoms with Crippen LogP contribution in [-0.4, -0.2) is 31.0 Å². The molecule has 3 aromatic heterocycles. The molecule has 24 heavy (non-hydrogen) atoms. The average molecular weight is 319 g/mol. The molecule has 1 aromatic carbocycles. The number of nitrogens with zero attached hydrogens (tertiary/aromatic N) is 5. The van der Waals surface area contributed by atoms with Gasteiger partial charge in [0.25, 0.3) is 0 Å². The van der Waals surface area contributed by atoms with E-state index >= 15 is 0 Å². The van der Waals surface area contributed by atoms with Gasteiger partial charge in [0.15, 0.2) is 5.65 Å². The molecule has 0 fully saturated rings. The summed E-state index contributed by atoms with van der Waals surface area (Å²) < 4.78 is 2.16. The predicted octanol–water partition coefficient (Wildman–Crippen LogP) is 2.46. The molecule has 120 valence electrons. The minimum atomic E-state index is 0.458. The van der Waals surface area contributed by atoms with Crippen molar-refractivity contribution in [1.29, 1.82) is 0 Å². The minimum absolute atomic E-state index is 0.458. The van der Waals surface area contributed by atoms with Gasteiger partial charge in [-0.05, 0) is 30.7 Å². The number of nitrogens with two attached hydrogens (primary N) is 1. The number of imidazole rings is 1. The van der Waals surface area contributed by atoms with Gasteiger partial charge < -0.3 is 15.6 Å². The molecule has 3 N–H and O–H groups in total. The fourth-order valence-corrected chi connectivity index (χ4v) is 2.74. The molecule has 7 heteroatoms. The lowest BCUT2D eigenvalue weighted by atomic mass is 10.3. The molecule has 7 nitrogen and oxygen atoms in total. The van der Waals surface area contributed by atoms with Crippen LogP contribution in [0.3, 0.4) is 0 Å². The highest BCUT2D eigenvalue weighted by molar-refractivity contribution is 5.87. The van der Waals surface area contributed by atoms with Crippen molar-refractivity contribution in [3.05, 3.63) is 49.1 Å². The summed E-state index contributed by atoms with van der Waals surface area (Å²) in [4.78, 5) is 17.1. The van der Waals surface area contributed by atoms with Gasteiger partial charge in [-0.15, -0.1) is 0 Å². The molecule has 3 heterocycles. The molecular formula is C17H17N7. The third-order valence-corrected chi connectivity index (χ3v) is 3.91. The Bertz CT molecular complexity index is 992. The summed E-state index contributed by atoms with van der Waals surface area (Å²) in [6, 6.07) is 11.8. The van der Waals surface area contributed by atoms with Gasteiger partial charge in [0.1, 0.15) is 18.0 Å². The lowest BCUT2D eigenvalue weighted by Crippen LogP contribution is -2.08. The highest BCUT2D eigenvalue weighted by Crippen LogP contribution is 2.18. The predicted molar refractivity (Wildman–Crippen MR) is 94.6 cm³/mol. The molecule has 0 aliphatic heterocycles. The maximum absolute atomic E-state index is 5.69. The van der Waals surface area contributed by atoms with E-state index in [-0.39, 0.29) is 0 Å². The molecule has 0 bridgehead atoms. The van der Waals surface area contributed by atoms with E-state index in [1.807, 2.05) is 30.6 Å². The molecule has 4 rings (SSSR count). The third-order valence-electron chi connectivity index (χ3n) is 3.91. The zero-order valence-corrected chi connectivity index (χ0v) is 13.1. The molecule has 4 aromatic rings. The summed E-state index contributed by atoms with van der Waals surface area (Å²) in [6.07, 6.45) is 4.34. The van der Waals surface area contributed by atoms with Crippen LogP contribution in [0, 0.1) is 0 Å². The number of pyridine rings is 1. The van der Waals surface area contributed by atoms with Crippen molar-refractivity contribution in [1.82, 2.24) is 24.5 Å². The molecule has 0 atom stereocenters. The van der Waals surface area contributed by atoms with Gasteiger partial charge >= 0.3 is 0 Å². The van der Waals surface area contributed by atoms with E-state index in [0.717, 1.165) is 41.7 Å². The molecule has 0 radical (unpaired) electrons. The van der Waals surface area contributed by atoms with Crippen molar-refractivity contribution < 1.29 is 0 Å². The standard InChI is InChI=1S/C17H17N7/c18-15-7-6-12-16(20-10-21-17(12)23-15)19-8-3-9-24-11-22-13-4-1-2-5-14(13)24/h1-2,4-7,10-11H,3,8-9H2,(H3,18,19,20,21,23). The number of nitrogens with one attached hydrogen (secondary N) is 1. The number of nitrogen functional groups attached to an aromatic ring is 1. The van der Waals surface area contributed by atoms with Crippen molar-refractivity contribution in [3.8, 4) is 0 Å². The summed E-state index contributed by atoms with van der Waals surface area (Å²) >= 11 is 0. The first kappa shape index (κ1) is 14.4. The first-order chi connectivity index (χ1) is 11.8.